The molecular formula is C16H22F3NO2. The molecule has 0 saturated heterocycles. The molecule has 0 bridgehead atoms. The number of halogens is 3. The summed E-state index contributed by atoms with van der Waals surface area (Å²) >= 11 is 0. The molecule has 1 amide bonds. The minimum Gasteiger partial charge on any atom is -0.376 e. The van der Waals surface area contributed by atoms with Crippen LogP contribution in [0, 0.1) is 0 Å². The first-order valence-corrected chi connectivity index (χ1v) is 7.12. The van der Waals surface area contributed by atoms with Crippen LogP contribution in [0.4, 0.5) is 13.2 Å². The van der Waals surface area contributed by atoms with Crippen molar-refractivity contribution in [2.24, 2.45) is 0 Å². The van der Waals surface area contributed by atoms with E-state index in [2.05, 4.69) is 0 Å². The van der Waals surface area contributed by atoms with E-state index in [0.717, 1.165) is 12.1 Å². The van der Waals surface area contributed by atoms with E-state index in [4.69, 9.17) is 0 Å². The molecule has 6 heteroatoms. The van der Waals surface area contributed by atoms with Gasteiger partial charge in [0, 0.05) is 17.6 Å². The van der Waals surface area contributed by atoms with Crippen molar-refractivity contribution in [3.63, 3.8) is 0 Å². The Morgan fingerprint density at radius 3 is 1.77 bits per heavy atom. The molecule has 22 heavy (non-hydrogen) atoms. The second-order valence-corrected chi connectivity index (χ2v) is 6.05. The maximum absolute atomic E-state index is 12.8. The van der Waals surface area contributed by atoms with Crippen LogP contribution in [0.2, 0.25) is 0 Å². The summed E-state index contributed by atoms with van der Waals surface area (Å²) in [5, 5.41) is 9.62. The molecule has 124 valence electrons. The molecule has 0 heterocycles. The Morgan fingerprint density at radius 1 is 1.05 bits per heavy atom. The van der Waals surface area contributed by atoms with Gasteiger partial charge in [-0.2, -0.15) is 13.2 Å². The Kier molecular flexibility index (Phi) is 5.28. The van der Waals surface area contributed by atoms with Crippen LogP contribution in [-0.2, 0) is 5.60 Å². The molecule has 0 aliphatic carbocycles. The van der Waals surface area contributed by atoms with Crippen LogP contribution in [0.15, 0.2) is 24.3 Å². The molecular weight excluding hydrogens is 295 g/mol. The fourth-order valence-electron chi connectivity index (χ4n) is 2.32. The van der Waals surface area contributed by atoms with E-state index in [9.17, 15) is 23.1 Å². The van der Waals surface area contributed by atoms with E-state index in [1.54, 1.807) is 4.90 Å². The van der Waals surface area contributed by atoms with E-state index < -0.39 is 11.8 Å². The van der Waals surface area contributed by atoms with Gasteiger partial charge in [-0.3, -0.25) is 4.79 Å². The van der Waals surface area contributed by atoms with E-state index >= 15 is 0 Å². The molecule has 1 rings (SSSR count). The van der Waals surface area contributed by atoms with Gasteiger partial charge in [-0.05, 0) is 52.3 Å². The highest BCUT2D eigenvalue weighted by Gasteiger charge is 2.51. The van der Waals surface area contributed by atoms with Crippen molar-refractivity contribution in [1.29, 1.82) is 0 Å². The van der Waals surface area contributed by atoms with Crippen LogP contribution in [0.1, 0.15) is 50.5 Å². The second kappa shape index (κ2) is 6.28. The first-order valence-electron chi connectivity index (χ1n) is 7.12. The van der Waals surface area contributed by atoms with Crippen molar-refractivity contribution in [2.75, 3.05) is 0 Å². The Morgan fingerprint density at radius 2 is 1.45 bits per heavy atom. The number of amides is 1. The molecule has 1 N–H and O–H groups in total. The fraction of sp³-hybridized carbons (Fsp3) is 0.562. The summed E-state index contributed by atoms with van der Waals surface area (Å²) in [4.78, 5) is 14.1. The SMILES string of the molecule is CC(C)N(C(=O)c1ccc(C(C)(O)C(F)(F)F)cc1)C(C)C. The van der Waals surface area contributed by atoms with Crippen molar-refractivity contribution in [3.8, 4) is 0 Å². The Bertz CT molecular complexity index is 511. The van der Waals surface area contributed by atoms with Crippen molar-refractivity contribution in [1.82, 2.24) is 4.90 Å². The topological polar surface area (TPSA) is 40.5 Å². The first-order chi connectivity index (χ1) is 9.89. The summed E-state index contributed by atoms with van der Waals surface area (Å²) < 4.78 is 38.4. The van der Waals surface area contributed by atoms with Crippen LogP contribution in [0.25, 0.3) is 0 Å². The van der Waals surface area contributed by atoms with Crippen molar-refractivity contribution in [2.45, 2.75) is 58.5 Å². The highest BCUT2D eigenvalue weighted by Crippen LogP contribution is 2.38. The smallest absolute Gasteiger partial charge is 0.376 e. The standard InChI is InChI=1S/C16H22F3NO2/c1-10(2)20(11(3)4)14(21)12-6-8-13(9-7-12)15(5,22)16(17,18)19/h6-11,22H,1-5H3. The predicted molar refractivity (Wildman–Crippen MR) is 78.5 cm³/mol. The summed E-state index contributed by atoms with van der Waals surface area (Å²) in [5.74, 6) is -0.247. The van der Waals surface area contributed by atoms with E-state index in [1.807, 2.05) is 27.7 Å². The van der Waals surface area contributed by atoms with Crippen molar-refractivity contribution >= 4 is 5.91 Å². The molecule has 1 aromatic carbocycles. The third kappa shape index (κ3) is 3.61. The van der Waals surface area contributed by atoms with Gasteiger partial charge in [0.25, 0.3) is 5.91 Å². The van der Waals surface area contributed by atoms with Crippen molar-refractivity contribution < 1.29 is 23.1 Å². The lowest BCUT2D eigenvalue weighted by Crippen LogP contribution is -2.42. The summed E-state index contributed by atoms with van der Waals surface area (Å²) in [5.41, 5.74) is -2.94. The number of benzene rings is 1. The zero-order valence-corrected chi connectivity index (χ0v) is 13.4. The van der Waals surface area contributed by atoms with Gasteiger partial charge in [0.2, 0.25) is 0 Å². The normalized spacial score (nSPS) is 15.0. The quantitative estimate of drug-likeness (QED) is 0.919. The fourth-order valence-corrected chi connectivity index (χ4v) is 2.32. The van der Waals surface area contributed by atoms with Gasteiger partial charge in [0.05, 0.1) is 0 Å². The molecule has 1 aromatic rings. The molecule has 0 aliphatic rings. The number of aliphatic hydroxyl groups is 1. The molecule has 3 nitrogen and oxygen atoms in total. The first kappa shape index (κ1) is 18.5. The van der Waals surface area contributed by atoms with E-state index in [1.165, 1.54) is 12.1 Å². The van der Waals surface area contributed by atoms with Crippen LogP contribution < -0.4 is 0 Å². The van der Waals surface area contributed by atoms with Crippen LogP contribution in [0.3, 0.4) is 0 Å². The minimum atomic E-state index is -4.78. The maximum Gasteiger partial charge on any atom is 0.421 e. The van der Waals surface area contributed by atoms with Crippen molar-refractivity contribution in [3.05, 3.63) is 35.4 Å². The largest absolute Gasteiger partial charge is 0.421 e. The maximum atomic E-state index is 12.8. The van der Waals surface area contributed by atoms with Crippen LogP contribution in [0.5, 0.6) is 0 Å². The molecule has 0 saturated carbocycles. The van der Waals surface area contributed by atoms with Gasteiger partial charge in [-0.15, -0.1) is 0 Å². The Labute approximate surface area is 128 Å². The number of carbonyl (C=O) groups excluding carboxylic acids is 1. The third-order valence-corrected chi connectivity index (χ3v) is 3.59. The molecule has 0 aromatic heterocycles. The summed E-state index contributed by atoms with van der Waals surface area (Å²) in [6.45, 7) is 8.20. The minimum absolute atomic E-state index is 0.0227. The summed E-state index contributed by atoms with van der Waals surface area (Å²) in [6.07, 6.45) is -4.78. The number of hydrogen-bond donors (Lipinski definition) is 1. The van der Waals surface area contributed by atoms with Crippen LogP contribution in [-0.4, -0.2) is 34.2 Å². The van der Waals surface area contributed by atoms with E-state index in [0.29, 0.717) is 12.5 Å². The lowest BCUT2D eigenvalue weighted by Gasteiger charge is -2.31. The summed E-state index contributed by atoms with van der Waals surface area (Å²) in [6, 6.07) is 4.86. The highest BCUT2D eigenvalue weighted by molar-refractivity contribution is 5.94. The molecule has 0 radical (unpaired) electrons. The molecule has 0 aliphatic heterocycles. The number of rotatable bonds is 4. The van der Waals surface area contributed by atoms with Crippen LogP contribution >= 0.6 is 0 Å². The molecule has 0 spiro atoms. The lowest BCUT2D eigenvalue weighted by atomic mass is 9.94. The van der Waals surface area contributed by atoms with E-state index in [-0.39, 0.29) is 23.6 Å². The predicted octanol–water partition coefficient (Wildman–Crippen LogP) is 3.72. The monoisotopic (exact) mass is 317 g/mol. The number of carbonyl (C=O) groups is 1. The zero-order chi connectivity index (χ0) is 17.3. The molecule has 1 unspecified atom stereocenters. The lowest BCUT2D eigenvalue weighted by molar-refractivity contribution is -0.258. The van der Waals surface area contributed by atoms with Gasteiger partial charge in [0.15, 0.2) is 5.60 Å². The number of hydrogen-bond acceptors (Lipinski definition) is 2. The Balaban J connectivity index is 3.10. The molecule has 0 fully saturated rings. The number of alkyl halides is 3. The zero-order valence-electron chi connectivity index (χ0n) is 13.4. The van der Waals surface area contributed by atoms with Gasteiger partial charge in [-0.1, -0.05) is 12.1 Å². The Hall–Kier alpha value is -1.56. The van der Waals surface area contributed by atoms with Gasteiger partial charge in [-0.25, -0.2) is 0 Å². The van der Waals surface area contributed by atoms with Gasteiger partial charge < -0.3 is 10.0 Å². The van der Waals surface area contributed by atoms with Gasteiger partial charge in [0.1, 0.15) is 0 Å². The third-order valence-electron chi connectivity index (χ3n) is 3.59. The summed E-state index contributed by atoms with van der Waals surface area (Å²) in [7, 11) is 0. The average Bonchev–Trinajstić information content (AvgIpc) is 2.36. The average molecular weight is 317 g/mol. The molecule has 1 atom stereocenters. The highest BCUT2D eigenvalue weighted by atomic mass is 19.4. The number of nitrogens with zero attached hydrogens (tertiary/aromatic N) is 1. The second-order valence-electron chi connectivity index (χ2n) is 6.05. The van der Waals surface area contributed by atoms with Gasteiger partial charge >= 0.3 is 6.18 Å².